The SMILES string of the molecule is C[C@@H](OC(=O)c1nn(C)c(=O)c2ccccc12)C(=O)N(C)[C@H]1CCS(=O)(=O)C1. The Kier molecular flexibility index (Phi) is 5.24. The summed E-state index contributed by atoms with van der Waals surface area (Å²) in [5, 5.41) is 4.64. The van der Waals surface area contributed by atoms with E-state index in [4.69, 9.17) is 4.74 Å². The van der Waals surface area contributed by atoms with E-state index >= 15 is 0 Å². The molecule has 28 heavy (non-hydrogen) atoms. The number of benzene rings is 1. The number of carbonyl (C=O) groups excluding carboxylic acids is 2. The molecule has 2 heterocycles. The van der Waals surface area contributed by atoms with Crippen LogP contribution in [0, 0.1) is 0 Å². The van der Waals surface area contributed by atoms with E-state index in [-0.39, 0.29) is 22.8 Å². The number of carbonyl (C=O) groups is 2. The third-order valence-electron chi connectivity index (χ3n) is 4.89. The zero-order valence-corrected chi connectivity index (χ0v) is 16.6. The minimum Gasteiger partial charge on any atom is -0.448 e. The van der Waals surface area contributed by atoms with E-state index in [9.17, 15) is 22.8 Å². The second-order valence-corrected chi connectivity index (χ2v) is 9.11. The third-order valence-corrected chi connectivity index (χ3v) is 6.64. The minimum absolute atomic E-state index is 0.0391. The lowest BCUT2D eigenvalue weighted by Crippen LogP contribution is -2.44. The molecular formula is C18H21N3O6S. The van der Waals surface area contributed by atoms with Crippen molar-refractivity contribution in [3.63, 3.8) is 0 Å². The van der Waals surface area contributed by atoms with Crippen molar-refractivity contribution in [2.24, 2.45) is 7.05 Å². The Bertz CT molecular complexity index is 1110. The van der Waals surface area contributed by atoms with Crippen molar-refractivity contribution in [3.8, 4) is 0 Å². The van der Waals surface area contributed by atoms with E-state index < -0.39 is 33.9 Å². The predicted octanol–water partition coefficient (Wildman–Crippen LogP) is 0.124. The van der Waals surface area contributed by atoms with Crippen molar-refractivity contribution in [1.29, 1.82) is 0 Å². The second-order valence-electron chi connectivity index (χ2n) is 6.88. The van der Waals surface area contributed by atoms with Gasteiger partial charge in [-0.2, -0.15) is 5.10 Å². The number of likely N-dealkylation sites (N-methyl/N-ethyl adjacent to an activating group) is 1. The van der Waals surface area contributed by atoms with Crippen LogP contribution in [0.1, 0.15) is 23.8 Å². The number of nitrogens with zero attached hydrogens (tertiary/aromatic N) is 3. The molecule has 0 spiro atoms. The van der Waals surface area contributed by atoms with Gasteiger partial charge in [0.25, 0.3) is 11.5 Å². The van der Waals surface area contributed by atoms with Crippen LogP contribution < -0.4 is 5.56 Å². The van der Waals surface area contributed by atoms with Gasteiger partial charge in [0.15, 0.2) is 21.6 Å². The van der Waals surface area contributed by atoms with Crippen molar-refractivity contribution in [2.45, 2.75) is 25.5 Å². The van der Waals surface area contributed by atoms with Crippen molar-refractivity contribution in [1.82, 2.24) is 14.7 Å². The van der Waals surface area contributed by atoms with E-state index in [1.807, 2.05) is 0 Å². The van der Waals surface area contributed by atoms with Crippen LogP contribution >= 0.6 is 0 Å². The molecule has 0 aliphatic carbocycles. The Morgan fingerprint density at radius 2 is 1.93 bits per heavy atom. The van der Waals surface area contributed by atoms with Gasteiger partial charge in [-0.3, -0.25) is 9.59 Å². The summed E-state index contributed by atoms with van der Waals surface area (Å²) in [6.07, 6.45) is -0.767. The Balaban J connectivity index is 1.80. The summed E-state index contributed by atoms with van der Waals surface area (Å²) in [6, 6.07) is 6.08. The van der Waals surface area contributed by atoms with Crippen molar-refractivity contribution in [3.05, 3.63) is 40.3 Å². The first kappa shape index (κ1) is 20.0. The lowest BCUT2D eigenvalue weighted by Gasteiger charge is -2.26. The minimum atomic E-state index is -3.14. The summed E-state index contributed by atoms with van der Waals surface area (Å²) in [5.41, 5.74) is -0.415. The number of sulfone groups is 1. The molecule has 3 rings (SSSR count). The van der Waals surface area contributed by atoms with Crippen LogP contribution in [0.25, 0.3) is 10.8 Å². The van der Waals surface area contributed by atoms with Gasteiger partial charge in [-0.05, 0) is 19.4 Å². The molecule has 1 fully saturated rings. The summed E-state index contributed by atoms with van der Waals surface area (Å²) < 4.78 is 29.6. The number of esters is 1. The highest BCUT2D eigenvalue weighted by molar-refractivity contribution is 7.91. The van der Waals surface area contributed by atoms with Crippen molar-refractivity contribution < 1.29 is 22.7 Å². The van der Waals surface area contributed by atoms with Crippen molar-refractivity contribution in [2.75, 3.05) is 18.6 Å². The highest BCUT2D eigenvalue weighted by Crippen LogP contribution is 2.19. The molecule has 150 valence electrons. The van der Waals surface area contributed by atoms with Gasteiger partial charge in [0.05, 0.1) is 16.9 Å². The fraction of sp³-hybridized carbons (Fsp3) is 0.444. The number of ether oxygens (including phenoxy) is 1. The van der Waals surface area contributed by atoms with Gasteiger partial charge in [-0.1, -0.05) is 18.2 Å². The highest BCUT2D eigenvalue weighted by Gasteiger charge is 2.35. The van der Waals surface area contributed by atoms with Gasteiger partial charge >= 0.3 is 5.97 Å². The van der Waals surface area contributed by atoms with Crippen LogP contribution in [0.2, 0.25) is 0 Å². The lowest BCUT2D eigenvalue weighted by atomic mass is 10.1. The molecule has 1 aliphatic rings. The zero-order chi connectivity index (χ0) is 20.6. The normalized spacial score (nSPS) is 19.3. The summed E-state index contributed by atoms with van der Waals surface area (Å²) in [4.78, 5) is 38.7. The molecule has 2 atom stereocenters. The topological polar surface area (TPSA) is 116 Å². The lowest BCUT2D eigenvalue weighted by molar-refractivity contribution is -0.140. The molecular weight excluding hydrogens is 386 g/mol. The monoisotopic (exact) mass is 407 g/mol. The average Bonchev–Trinajstić information content (AvgIpc) is 3.03. The molecule has 1 aliphatic heterocycles. The number of amides is 1. The first-order valence-corrected chi connectivity index (χ1v) is 10.6. The van der Waals surface area contributed by atoms with Crippen LogP contribution in [0.3, 0.4) is 0 Å². The van der Waals surface area contributed by atoms with Gasteiger partial charge in [-0.25, -0.2) is 17.9 Å². The predicted molar refractivity (Wildman–Crippen MR) is 102 cm³/mol. The molecule has 0 saturated carbocycles. The summed E-state index contributed by atoms with van der Waals surface area (Å²) >= 11 is 0. The van der Waals surface area contributed by atoms with E-state index in [1.54, 1.807) is 24.3 Å². The Hall–Kier alpha value is -2.75. The summed E-state index contributed by atoms with van der Waals surface area (Å²) in [7, 11) is -0.220. The fourth-order valence-corrected chi connectivity index (χ4v) is 5.04. The number of hydrogen-bond acceptors (Lipinski definition) is 7. The van der Waals surface area contributed by atoms with E-state index in [2.05, 4.69) is 5.10 Å². The molecule has 0 unspecified atom stereocenters. The smallest absolute Gasteiger partial charge is 0.360 e. The fourth-order valence-electron chi connectivity index (χ4n) is 3.26. The Labute approximate surface area is 161 Å². The first-order chi connectivity index (χ1) is 13.1. The summed E-state index contributed by atoms with van der Waals surface area (Å²) in [5.74, 6) is -1.38. The second kappa shape index (κ2) is 7.34. The summed E-state index contributed by atoms with van der Waals surface area (Å²) in [6.45, 7) is 1.42. The molecule has 10 heteroatoms. The number of rotatable bonds is 4. The van der Waals surface area contributed by atoms with E-state index in [1.165, 1.54) is 25.9 Å². The number of fused-ring (bicyclic) bond motifs is 1. The van der Waals surface area contributed by atoms with Crippen LogP contribution in [0.4, 0.5) is 0 Å². The standard InChI is InChI=1S/C18H21N3O6S/c1-11(16(22)20(2)12-8-9-28(25,26)10-12)27-18(24)15-13-6-4-5-7-14(13)17(23)21(3)19-15/h4-7,11-12H,8-10H2,1-3H3/t11-,12+/m1/s1. The quantitative estimate of drug-likeness (QED) is 0.661. The molecule has 1 aromatic carbocycles. The molecule has 0 bridgehead atoms. The van der Waals surface area contributed by atoms with Crippen LogP contribution in [-0.4, -0.2) is 65.7 Å². The largest absolute Gasteiger partial charge is 0.448 e. The van der Waals surface area contributed by atoms with Crippen LogP contribution in [-0.2, 0) is 26.4 Å². The number of hydrogen-bond donors (Lipinski definition) is 0. The maximum Gasteiger partial charge on any atom is 0.360 e. The Morgan fingerprint density at radius 1 is 1.29 bits per heavy atom. The van der Waals surface area contributed by atoms with Gasteiger partial charge in [-0.15, -0.1) is 0 Å². The molecule has 1 amide bonds. The third kappa shape index (κ3) is 3.77. The number of aromatic nitrogens is 2. The zero-order valence-electron chi connectivity index (χ0n) is 15.8. The van der Waals surface area contributed by atoms with Gasteiger partial charge in [0.2, 0.25) is 0 Å². The van der Waals surface area contributed by atoms with Gasteiger partial charge in [0.1, 0.15) is 0 Å². The molecule has 0 radical (unpaired) electrons. The maximum absolute atomic E-state index is 12.6. The molecule has 0 N–H and O–H groups in total. The van der Waals surface area contributed by atoms with Crippen LogP contribution in [0.15, 0.2) is 29.1 Å². The number of aryl methyl sites for hydroxylation is 1. The highest BCUT2D eigenvalue weighted by atomic mass is 32.2. The molecule has 1 aromatic heterocycles. The molecule has 2 aromatic rings. The first-order valence-electron chi connectivity index (χ1n) is 8.75. The van der Waals surface area contributed by atoms with E-state index in [0.717, 1.165) is 4.68 Å². The van der Waals surface area contributed by atoms with Crippen molar-refractivity contribution >= 4 is 32.5 Å². The van der Waals surface area contributed by atoms with Gasteiger partial charge < -0.3 is 9.64 Å². The van der Waals surface area contributed by atoms with E-state index in [0.29, 0.717) is 17.2 Å². The Morgan fingerprint density at radius 3 is 2.54 bits per heavy atom. The van der Waals surface area contributed by atoms with Crippen LogP contribution in [0.5, 0.6) is 0 Å². The maximum atomic E-state index is 12.6. The average molecular weight is 407 g/mol. The van der Waals surface area contributed by atoms with Gasteiger partial charge in [0, 0.05) is 25.5 Å². The molecule has 1 saturated heterocycles. The molecule has 9 nitrogen and oxygen atoms in total.